The zero-order chi connectivity index (χ0) is 8.27. The van der Waals surface area contributed by atoms with Gasteiger partial charge in [-0.1, -0.05) is 26.0 Å². The fraction of sp³-hybridized carbons (Fsp3) is 0.300. The van der Waals surface area contributed by atoms with Crippen LogP contribution in [0.4, 0.5) is 0 Å². The Morgan fingerprint density at radius 2 is 2.15 bits per heavy atom. The zero-order valence-corrected chi connectivity index (χ0v) is 11.8. The van der Waals surface area contributed by atoms with E-state index in [1.807, 2.05) is 13.8 Å². The molecule has 13 heavy (non-hydrogen) atoms. The number of aromatic nitrogens is 1. The Morgan fingerprint density at radius 1 is 1.54 bits per heavy atom. The molecule has 0 unspecified atom stereocenters. The predicted molar refractivity (Wildman–Crippen MR) is 49.0 cm³/mol. The zero-order valence-electron chi connectivity index (χ0n) is 8.66. The summed E-state index contributed by atoms with van der Waals surface area (Å²) < 4.78 is 0. The number of hydrogen-bond acceptors (Lipinski definition) is 2. The SMILES string of the molecule is CC(C)c1c[c-]cnc1C=O.[CH3-].[K+]. The molecule has 0 aliphatic carbocycles. The number of pyridine rings is 1. The third-order valence-corrected chi connectivity index (χ3v) is 1.55. The Morgan fingerprint density at radius 3 is 2.54 bits per heavy atom. The van der Waals surface area contributed by atoms with Crippen molar-refractivity contribution in [1.82, 2.24) is 4.98 Å². The normalized spacial score (nSPS) is 8.54. The average molecular weight is 202 g/mol. The van der Waals surface area contributed by atoms with Crippen LogP contribution < -0.4 is 51.4 Å². The first-order valence-corrected chi connectivity index (χ1v) is 3.57. The summed E-state index contributed by atoms with van der Waals surface area (Å²) in [4.78, 5) is 14.4. The minimum Gasteiger partial charge on any atom is -0.358 e. The summed E-state index contributed by atoms with van der Waals surface area (Å²) in [7, 11) is 0. The molecule has 2 nitrogen and oxygen atoms in total. The van der Waals surface area contributed by atoms with Crippen molar-refractivity contribution < 1.29 is 56.2 Å². The van der Waals surface area contributed by atoms with Crippen LogP contribution in [0.1, 0.15) is 35.8 Å². The number of aldehydes is 1. The van der Waals surface area contributed by atoms with Crippen LogP contribution in [0.5, 0.6) is 0 Å². The Balaban J connectivity index is 0. The maximum atomic E-state index is 10.5. The van der Waals surface area contributed by atoms with Gasteiger partial charge in [0.05, 0.1) is 0 Å². The van der Waals surface area contributed by atoms with Crippen LogP contribution in [0.25, 0.3) is 0 Å². The van der Waals surface area contributed by atoms with Crippen molar-refractivity contribution >= 4 is 6.29 Å². The van der Waals surface area contributed by atoms with Crippen molar-refractivity contribution in [1.29, 1.82) is 0 Å². The molecule has 0 saturated carbocycles. The molecule has 1 aromatic rings. The van der Waals surface area contributed by atoms with E-state index in [4.69, 9.17) is 0 Å². The first-order valence-electron chi connectivity index (χ1n) is 3.57. The second-order valence-corrected chi connectivity index (χ2v) is 2.68. The van der Waals surface area contributed by atoms with Crippen molar-refractivity contribution in [2.24, 2.45) is 0 Å². The average Bonchev–Trinajstić information content (AvgIpc) is 2.04. The molecule has 1 aromatic heterocycles. The third kappa shape index (κ3) is 4.47. The molecule has 0 spiro atoms. The molecule has 1 heterocycles. The summed E-state index contributed by atoms with van der Waals surface area (Å²) in [5.41, 5.74) is 1.49. The van der Waals surface area contributed by atoms with Crippen LogP contribution in [0, 0.1) is 13.5 Å². The van der Waals surface area contributed by atoms with Gasteiger partial charge in [0.2, 0.25) is 0 Å². The molecule has 0 amide bonds. The smallest absolute Gasteiger partial charge is 0.358 e. The van der Waals surface area contributed by atoms with E-state index in [2.05, 4.69) is 11.1 Å². The van der Waals surface area contributed by atoms with Crippen molar-refractivity contribution in [3.63, 3.8) is 0 Å². The third-order valence-electron chi connectivity index (χ3n) is 1.55. The minimum atomic E-state index is 0. The van der Waals surface area contributed by atoms with Crippen LogP contribution in [0.3, 0.4) is 0 Å². The molecule has 0 bridgehead atoms. The van der Waals surface area contributed by atoms with Crippen LogP contribution in [-0.2, 0) is 0 Å². The van der Waals surface area contributed by atoms with Gasteiger partial charge in [-0.3, -0.25) is 9.78 Å². The standard InChI is InChI=1S/C9H10NO.CH3.K/c1-7(2)8-4-3-5-10-9(8)6-11;;/h4-7H,1-2H3;1H3;/q2*-1;+1. The molecule has 0 fully saturated rings. The fourth-order valence-corrected chi connectivity index (χ4v) is 0.943. The molecule has 66 valence electrons. The van der Waals surface area contributed by atoms with E-state index in [1.165, 1.54) is 6.20 Å². The van der Waals surface area contributed by atoms with E-state index in [0.29, 0.717) is 11.6 Å². The van der Waals surface area contributed by atoms with Gasteiger partial charge in [0.15, 0.2) is 0 Å². The topological polar surface area (TPSA) is 30.0 Å². The summed E-state index contributed by atoms with van der Waals surface area (Å²) >= 11 is 0. The Hall–Kier alpha value is 0.456. The van der Waals surface area contributed by atoms with Crippen LogP contribution >= 0.6 is 0 Å². The predicted octanol–water partition coefficient (Wildman–Crippen LogP) is -0.728. The first kappa shape index (κ1) is 15.9. The van der Waals surface area contributed by atoms with E-state index in [1.54, 1.807) is 6.07 Å². The van der Waals surface area contributed by atoms with Gasteiger partial charge in [-0.25, -0.2) is 12.1 Å². The van der Waals surface area contributed by atoms with E-state index < -0.39 is 0 Å². The van der Waals surface area contributed by atoms with Gasteiger partial charge >= 0.3 is 51.4 Å². The number of hydrogen-bond donors (Lipinski definition) is 0. The monoisotopic (exact) mass is 202 g/mol. The quantitative estimate of drug-likeness (QED) is 0.360. The number of rotatable bonds is 2. The van der Waals surface area contributed by atoms with Crippen LogP contribution in [0.2, 0.25) is 0 Å². The minimum absolute atomic E-state index is 0. The Labute approximate surface area is 123 Å². The molecule has 0 N–H and O–H groups in total. The molecule has 1 rings (SSSR count). The summed E-state index contributed by atoms with van der Waals surface area (Å²) in [6.45, 7) is 4.05. The number of nitrogens with zero attached hydrogens (tertiary/aromatic N) is 1. The largest absolute Gasteiger partial charge is 1.00 e. The molecule has 3 heteroatoms. The van der Waals surface area contributed by atoms with Gasteiger partial charge in [-0.2, -0.15) is 5.56 Å². The molecular weight excluding hydrogens is 189 g/mol. The summed E-state index contributed by atoms with van der Waals surface area (Å²) in [5.74, 6) is 0.333. The molecule has 0 radical (unpaired) electrons. The van der Waals surface area contributed by atoms with E-state index in [-0.39, 0.29) is 58.8 Å². The van der Waals surface area contributed by atoms with Crippen LogP contribution in [0.15, 0.2) is 12.3 Å². The number of carbonyl (C=O) groups excluding carboxylic acids is 1. The Kier molecular flexibility index (Phi) is 9.57. The molecule has 0 aromatic carbocycles. The maximum Gasteiger partial charge on any atom is 1.00 e. The molecule has 0 saturated heterocycles. The second-order valence-electron chi connectivity index (χ2n) is 2.68. The van der Waals surface area contributed by atoms with E-state index >= 15 is 0 Å². The number of carbonyl (C=O) groups is 1. The second kappa shape index (κ2) is 7.82. The van der Waals surface area contributed by atoms with Gasteiger partial charge in [0.1, 0.15) is 6.29 Å². The van der Waals surface area contributed by atoms with Gasteiger partial charge in [0, 0.05) is 5.69 Å². The summed E-state index contributed by atoms with van der Waals surface area (Å²) in [5, 5.41) is 0. The van der Waals surface area contributed by atoms with Gasteiger partial charge in [-0.05, 0) is 0 Å². The maximum absolute atomic E-state index is 10.5. The molecule has 0 aliphatic heterocycles. The van der Waals surface area contributed by atoms with Gasteiger partial charge in [-0.15, -0.1) is 0 Å². The van der Waals surface area contributed by atoms with Crippen molar-refractivity contribution in [3.05, 3.63) is 37.0 Å². The first-order chi connectivity index (χ1) is 5.25. The van der Waals surface area contributed by atoms with Crippen molar-refractivity contribution in [2.75, 3.05) is 0 Å². The fourth-order valence-electron chi connectivity index (χ4n) is 0.943. The van der Waals surface area contributed by atoms with E-state index in [0.717, 1.165) is 11.8 Å². The van der Waals surface area contributed by atoms with E-state index in [9.17, 15) is 4.79 Å². The van der Waals surface area contributed by atoms with Crippen molar-refractivity contribution in [3.8, 4) is 0 Å². The Bertz CT molecular complexity index is 261. The van der Waals surface area contributed by atoms with Gasteiger partial charge < -0.3 is 7.43 Å². The molecule has 0 atom stereocenters. The summed E-state index contributed by atoms with van der Waals surface area (Å²) in [6.07, 6.45) is 2.29. The summed E-state index contributed by atoms with van der Waals surface area (Å²) in [6, 6.07) is 4.65. The van der Waals surface area contributed by atoms with Crippen molar-refractivity contribution in [2.45, 2.75) is 19.8 Å². The van der Waals surface area contributed by atoms with Crippen LogP contribution in [-0.4, -0.2) is 11.3 Å². The van der Waals surface area contributed by atoms with Gasteiger partial charge in [0.25, 0.3) is 0 Å². The molecule has 0 aliphatic rings. The molecular formula is C10H13KNO-.